The highest BCUT2D eigenvalue weighted by molar-refractivity contribution is 5.80. The summed E-state index contributed by atoms with van der Waals surface area (Å²) in [6, 6.07) is 6.49. The standard InChI is InChI=1S/C16H22FN3O/c17-14-6-3-5-13(11-14)16-18-12-15(21)20(16)10-4-9-19-7-1-2-8-19/h3,5-6,11,16,18H,1-2,4,7-10,12H2. The van der Waals surface area contributed by atoms with Gasteiger partial charge < -0.3 is 9.80 Å². The lowest BCUT2D eigenvalue weighted by Crippen LogP contribution is -2.33. The first-order valence-corrected chi connectivity index (χ1v) is 7.75. The zero-order chi connectivity index (χ0) is 14.7. The van der Waals surface area contributed by atoms with Crippen LogP contribution in [-0.2, 0) is 4.79 Å². The topological polar surface area (TPSA) is 35.6 Å². The van der Waals surface area contributed by atoms with Gasteiger partial charge in [-0.1, -0.05) is 12.1 Å². The van der Waals surface area contributed by atoms with Crippen molar-refractivity contribution in [2.75, 3.05) is 32.7 Å². The molecule has 1 unspecified atom stereocenters. The molecule has 1 amide bonds. The second-order valence-corrected chi connectivity index (χ2v) is 5.83. The monoisotopic (exact) mass is 291 g/mol. The summed E-state index contributed by atoms with van der Waals surface area (Å²) in [6.45, 7) is 4.47. The van der Waals surface area contributed by atoms with Gasteiger partial charge in [0.1, 0.15) is 12.0 Å². The van der Waals surface area contributed by atoms with Crippen LogP contribution in [0.4, 0.5) is 4.39 Å². The molecule has 1 atom stereocenters. The lowest BCUT2D eigenvalue weighted by Gasteiger charge is -2.25. The van der Waals surface area contributed by atoms with Crippen LogP contribution in [0.2, 0.25) is 0 Å². The van der Waals surface area contributed by atoms with E-state index in [4.69, 9.17) is 0 Å². The number of carbonyl (C=O) groups excluding carboxylic acids is 1. The maximum atomic E-state index is 13.4. The molecule has 1 aromatic rings. The average Bonchev–Trinajstić information content (AvgIpc) is 3.10. The van der Waals surface area contributed by atoms with Crippen molar-refractivity contribution in [2.24, 2.45) is 0 Å². The number of halogens is 1. The second-order valence-electron chi connectivity index (χ2n) is 5.83. The van der Waals surface area contributed by atoms with Gasteiger partial charge in [0, 0.05) is 6.54 Å². The van der Waals surface area contributed by atoms with Crippen molar-refractivity contribution < 1.29 is 9.18 Å². The normalized spacial score (nSPS) is 23.2. The quantitative estimate of drug-likeness (QED) is 0.897. The summed E-state index contributed by atoms with van der Waals surface area (Å²) >= 11 is 0. The molecule has 3 rings (SSSR count). The fourth-order valence-corrected chi connectivity index (χ4v) is 3.24. The van der Waals surface area contributed by atoms with E-state index >= 15 is 0 Å². The molecule has 0 aromatic heterocycles. The minimum atomic E-state index is -0.259. The molecule has 114 valence electrons. The van der Waals surface area contributed by atoms with Crippen LogP contribution in [-0.4, -0.2) is 48.4 Å². The first-order valence-electron chi connectivity index (χ1n) is 7.75. The highest BCUT2D eigenvalue weighted by Gasteiger charge is 2.31. The zero-order valence-corrected chi connectivity index (χ0v) is 12.2. The predicted octanol–water partition coefficient (Wildman–Crippen LogP) is 1.74. The first-order chi connectivity index (χ1) is 10.2. The van der Waals surface area contributed by atoms with Crippen LogP contribution in [0.3, 0.4) is 0 Å². The molecule has 1 N–H and O–H groups in total. The van der Waals surface area contributed by atoms with Gasteiger partial charge in [-0.05, 0) is 56.6 Å². The molecule has 5 heteroatoms. The van der Waals surface area contributed by atoms with E-state index in [9.17, 15) is 9.18 Å². The number of amides is 1. The summed E-state index contributed by atoms with van der Waals surface area (Å²) in [6.07, 6.45) is 3.36. The van der Waals surface area contributed by atoms with Crippen LogP contribution < -0.4 is 5.32 Å². The minimum absolute atomic E-state index is 0.102. The maximum Gasteiger partial charge on any atom is 0.238 e. The van der Waals surface area contributed by atoms with E-state index in [1.54, 1.807) is 6.07 Å². The van der Waals surface area contributed by atoms with Gasteiger partial charge in [-0.15, -0.1) is 0 Å². The van der Waals surface area contributed by atoms with Crippen molar-refractivity contribution in [3.8, 4) is 0 Å². The third-order valence-electron chi connectivity index (χ3n) is 4.32. The SMILES string of the molecule is O=C1CNC(c2cccc(F)c2)N1CCCN1CCCC1. The molecule has 21 heavy (non-hydrogen) atoms. The average molecular weight is 291 g/mol. The van der Waals surface area contributed by atoms with E-state index in [0.29, 0.717) is 6.54 Å². The summed E-state index contributed by atoms with van der Waals surface area (Å²) in [5.41, 5.74) is 0.821. The van der Waals surface area contributed by atoms with Gasteiger partial charge in [0.2, 0.25) is 5.91 Å². The predicted molar refractivity (Wildman–Crippen MR) is 79.1 cm³/mol. The largest absolute Gasteiger partial charge is 0.322 e. The first kappa shape index (κ1) is 14.5. The fraction of sp³-hybridized carbons (Fsp3) is 0.562. The number of hydrogen-bond donors (Lipinski definition) is 1. The van der Waals surface area contributed by atoms with Gasteiger partial charge in [0.15, 0.2) is 0 Å². The van der Waals surface area contributed by atoms with Crippen LogP contribution in [0.15, 0.2) is 24.3 Å². The Morgan fingerprint density at radius 2 is 2.05 bits per heavy atom. The van der Waals surface area contributed by atoms with E-state index in [-0.39, 0.29) is 17.9 Å². The lowest BCUT2D eigenvalue weighted by atomic mass is 10.1. The van der Waals surface area contributed by atoms with Crippen molar-refractivity contribution in [1.29, 1.82) is 0 Å². The van der Waals surface area contributed by atoms with Crippen molar-refractivity contribution in [2.45, 2.75) is 25.4 Å². The van der Waals surface area contributed by atoms with Gasteiger partial charge in [-0.25, -0.2) is 4.39 Å². The number of nitrogens with zero attached hydrogens (tertiary/aromatic N) is 2. The lowest BCUT2D eigenvalue weighted by molar-refractivity contribution is -0.128. The molecule has 2 aliphatic rings. The number of rotatable bonds is 5. The third kappa shape index (κ3) is 3.41. The Kier molecular flexibility index (Phi) is 4.51. The zero-order valence-electron chi connectivity index (χ0n) is 12.2. The van der Waals surface area contributed by atoms with E-state index < -0.39 is 0 Å². The summed E-state index contributed by atoms with van der Waals surface area (Å²) in [5, 5.41) is 3.17. The molecular weight excluding hydrogens is 269 g/mol. The maximum absolute atomic E-state index is 13.4. The second kappa shape index (κ2) is 6.54. The number of nitrogens with one attached hydrogen (secondary N) is 1. The van der Waals surface area contributed by atoms with Crippen LogP contribution >= 0.6 is 0 Å². The van der Waals surface area contributed by atoms with E-state index in [0.717, 1.165) is 25.1 Å². The minimum Gasteiger partial charge on any atom is -0.322 e. The van der Waals surface area contributed by atoms with Gasteiger partial charge >= 0.3 is 0 Å². The van der Waals surface area contributed by atoms with E-state index in [2.05, 4.69) is 10.2 Å². The summed E-state index contributed by atoms with van der Waals surface area (Å²) in [5.74, 6) is -0.156. The summed E-state index contributed by atoms with van der Waals surface area (Å²) < 4.78 is 13.4. The molecule has 2 saturated heterocycles. The van der Waals surface area contributed by atoms with Gasteiger partial charge in [0.25, 0.3) is 0 Å². The number of hydrogen-bond acceptors (Lipinski definition) is 3. The van der Waals surface area contributed by atoms with E-state index in [1.807, 2.05) is 11.0 Å². The molecule has 1 aromatic carbocycles. The molecular formula is C16H22FN3O. The van der Waals surface area contributed by atoms with Crippen LogP contribution in [0.25, 0.3) is 0 Å². The van der Waals surface area contributed by atoms with Crippen molar-refractivity contribution in [3.63, 3.8) is 0 Å². The van der Waals surface area contributed by atoms with Crippen molar-refractivity contribution in [1.82, 2.24) is 15.1 Å². The molecule has 4 nitrogen and oxygen atoms in total. The highest BCUT2D eigenvalue weighted by Crippen LogP contribution is 2.23. The molecule has 2 aliphatic heterocycles. The summed E-state index contributed by atoms with van der Waals surface area (Å²) in [7, 11) is 0. The van der Waals surface area contributed by atoms with Crippen LogP contribution in [0.1, 0.15) is 31.0 Å². The molecule has 2 fully saturated rings. The number of likely N-dealkylation sites (tertiary alicyclic amines) is 1. The van der Waals surface area contributed by atoms with Gasteiger partial charge in [0.05, 0.1) is 6.54 Å². The van der Waals surface area contributed by atoms with Crippen LogP contribution in [0.5, 0.6) is 0 Å². The van der Waals surface area contributed by atoms with Crippen molar-refractivity contribution >= 4 is 5.91 Å². The Hall–Kier alpha value is -1.46. The Bertz CT molecular complexity index is 502. The van der Waals surface area contributed by atoms with Gasteiger partial charge in [-0.3, -0.25) is 10.1 Å². The van der Waals surface area contributed by atoms with E-state index in [1.165, 1.54) is 38.1 Å². The Balaban J connectivity index is 1.59. The molecule has 0 aliphatic carbocycles. The summed E-state index contributed by atoms with van der Waals surface area (Å²) in [4.78, 5) is 16.3. The number of carbonyl (C=O) groups is 1. The Morgan fingerprint density at radius 3 is 2.81 bits per heavy atom. The molecule has 0 saturated carbocycles. The van der Waals surface area contributed by atoms with Gasteiger partial charge in [-0.2, -0.15) is 0 Å². The Morgan fingerprint density at radius 1 is 1.24 bits per heavy atom. The Labute approximate surface area is 124 Å². The molecule has 2 heterocycles. The molecule has 0 bridgehead atoms. The number of benzene rings is 1. The third-order valence-corrected chi connectivity index (χ3v) is 4.32. The molecule has 0 spiro atoms. The fourth-order valence-electron chi connectivity index (χ4n) is 3.24. The van der Waals surface area contributed by atoms with Crippen LogP contribution in [0, 0.1) is 5.82 Å². The highest BCUT2D eigenvalue weighted by atomic mass is 19.1. The smallest absolute Gasteiger partial charge is 0.238 e. The van der Waals surface area contributed by atoms with Crippen molar-refractivity contribution in [3.05, 3.63) is 35.6 Å². The molecule has 0 radical (unpaired) electrons.